The molecule has 1 aromatic heterocycles. The minimum Gasteiger partial charge on any atom is -0.481 e. The van der Waals surface area contributed by atoms with Gasteiger partial charge in [0, 0.05) is 24.2 Å². The zero-order valence-electron chi connectivity index (χ0n) is 10.1. The number of hydrogen-bond acceptors (Lipinski definition) is 3. The summed E-state index contributed by atoms with van der Waals surface area (Å²) in [5.74, 6) is -1.05. The largest absolute Gasteiger partial charge is 0.481 e. The number of carbonyl (C=O) groups excluding carboxylic acids is 1. The summed E-state index contributed by atoms with van der Waals surface area (Å²) in [7, 11) is 0. The first kappa shape index (κ1) is 12.6. The molecule has 2 rings (SSSR count). The Morgan fingerprint density at radius 1 is 1.33 bits per heavy atom. The molecule has 3 N–H and O–H groups in total. The van der Waals surface area contributed by atoms with Gasteiger partial charge in [0.05, 0.1) is 12.1 Å². The van der Waals surface area contributed by atoms with Crippen molar-refractivity contribution in [3.05, 3.63) is 18.0 Å². The van der Waals surface area contributed by atoms with E-state index in [1.54, 1.807) is 12.4 Å². The van der Waals surface area contributed by atoms with Gasteiger partial charge in [0.25, 0.3) is 0 Å². The Morgan fingerprint density at radius 3 is 2.56 bits per heavy atom. The number of aromatic nitrogens is 2. The first-order valence-electron chi connectivity index (χ1n) is 6.15. The fourth-order valence-corrected chi connectivity index (χ4v) is 2.31. The van der Waals surface area contributed by atoms with Crippen molar-refractivity contribution in [3.63, 3.8) is 0 Å². The van der Waals surface area contributed by atoms with Crippen molar-refractivity contribution in [2.45, 2.75) is 32.2 Å². The van der Waals surface area contributed by atoms with E-state index in [1.165, 1.54) is 0 Å². The highest BCUT2D eigenvalue weighted by Gasteiger charge is 2.29. The summed E-state index contributed by atoms with van der Waals surface area (Å²) in [4.78, 5) is 22.7. The van der Waals surface area contributed by atoms with Gasteiger partial charge in [0.15, 0.2) is 0 Å². The monoisotopic (exact) mass is 251 g/mol. The predicted molar refractivity (Wildman–Crippen MR) is 63.5 cm³/mol. The molecular formula is C12H17N3O3. The molecule has 18 heavy (non-hydrogen) atoms. The number of nitrogens with one attached hydrogen (secondary N) is 2. The van der Waals surface area contributed by atoms with Crippen LogP contribution in [-0.4, -0.2) is 27.2 Å². The number of H-pyrrole nitrogens is 1. The Balaban J connectivity index is 1.75. The van der Waals surface area contributed by atoms with E-state index in [2.05, 4.69) is 15.5 Å². The third-order valence-electron chi connectivity index (χ3n) is 3.47. The molecular weight excluding hydrogens is 234 g/mol. The molecule has 0 bridgehead atoms. The Morgan fingerprint density at radius 2 is 2.00 bits per heavy atom. The van der Waals surface area contributed by atoms with E-state index in [-0.39, 0.29) is 17.7 Å². The summed E-state index contributed by atoms with van der Waals surface area (Å²) in [5, 5.41) is 18.2. The van der Waals surface area contributed by atoms with E-state index in [1.807, 2.05) is 0 Å². The lowest BCUT2D eigenvalue weighted by Gasteiger charge is -2.25. The van der Waals surface area contributed by atoms with Gasteiger partial charge >= 0.3 is 5.97 Å². The molecule has 0 saturated heterocycles. The molecule has 0 radical (unpaired) electrons. The zero-order chi connectivity index (χ0) is 13.0. The number of hydrogen-bond donors (Lipinski definition) is 3. The summed E-state index contributed by atoms with van der Waals surface area (Å²) in [6, 6.07) is 0. The van der Waals surface area contributed by atoms with Gasteiger partial charge in [0.1, 0.15) is 0 Å². The molecule has 1 heterocycles. The molecule has 6 nitrogen and oxygen atoms in total. The number of carboxylic acids is 1. The summed E-state index contributed by atoms with van der Waals surface area (Å²) < 4.78 is 0. The summed E-state index contributed by atoms with van der Waals surface area (Å²) in [6.07, 6.45) is 5.92. The molecule has 1 aliphatic carbocycles. The highest BCUT2D eigenvalue weighted by atomic mass is 16.4. The fraction of sp³-hybridized carbons (Fsp3) is 0.583. The molecule has 1 aliphatic rings. The van der Waals surface area contributed by atoms with Crippen LogP contribution < -0.4 is 5.32 Å². The maximum absolute atomic E-state index is 11.9. The number of carboxylic acid groups (broad SMARTS) is 1. The van der Waals surface area contributed by atoms with Crippen molar-refractivity contribution in [2.24, 2.45) is 11.8 Å². The van der Waals surface area contributed by atoms with Gasteiger partial charge in [-0.05, 0) is 25.7 Å². The molecule has 98 valence electrons. The molecule has 1 aromatic rings. The second kappa shape index (κ2) is 5.66. The molecule has 0 spiro atoms. The third-order valence-corrected chi connectivity index (χ3v) is 3.47. The van der Waals surface area contributed by atoms with Crippen LogP contribution >= 0.6 is 0 Å². The standard InChI is InChI=1S/C12H17N3O3/c16-11(13-5-8-6-14-15-7-8)9-1-3-10(4-2-9)12(17)18/h6-7,9-10H,1-5H2,(H,13,16)(H,14,15)(H,17,18). The average molecular weight is 251 g/mol. The maximum Gasteiger partial charge on any atom is 0.306 e. The SMILES string of the molecule is O=C(O)C1CCC(C(=O)NCc2cn[nH]c2)CC1. The minimum absolute atomic E-state index is 0.0139. The highest BCUT2D eigenvalue weighted by Crippen LogP contribution is 2.29. The fourth-order valence-electron chi connectivity index (χ4n) is 2.31. The van der Waals surface area contributed by atoms with Crippen LogP contribution in [0.1, 0.15) is 31.2 Å². The van der Waals surface area contributed by atoms with Gasteiger partial charge in [-0.3, -0.25) is 14.7 Å². The highest BCUT2D eigenvalue weighted by molar-refractivity contribution is 5.79. The number of nitrogens with zero attached hydrogens (tertiary/aromatic N) is 1. The average Bonchev–Trinajstić information content (AvgIpc) is 2.89. The van der Waals surface area contributed by atoms with Crippen molar-refractivity contribution in [1.29, 1.82) is 0 Å². The van der Waals surface area contributed by atoms with Crippen LogP contribution in [0.5, 0.6) is 0 Å². The summed E-state index contributed by atoms with van der Waals surface area (Å²) in [5.41, 5.74) is 0.933. The predicted octanol–water partition coefficient (Wildman–Crippen LogP) is 0.917. The molecule has 0 aromatic carbocycles. The van der Waals surface area contributed by atoms with Crippen molar-refractivity contribution >= 4 is 11.9 Å². The lowest BCUT2D eigenvalue weighted by molar-refractivity contribution is -0.144. The minimum atomic E-state index is -0.743. The van der Waals surface area contributed by atoms with Gasteiger partial charge in [-0.25, -0.2) is 0 Å². The van der Waals surface area contributed by atoms with E-state index < -0.39 is 5.97 Å². The number of aromatic amines is 1. The van der Waals surface area contributed by atoms with E-state index in [0.717, 1.165) is 5.56 Å². The number of amides is 1. The van der Waals surface area contributed by atoms with Gasteiger partial charge in [0.2, 0.25) is 5.91 Å². The number of rotatable bonds is 4. The van der Waals surface area contributed by atoms with Crippen LogP contribution in [0.3, 0.4) is 0 Å². The van der Waals surface area contributed by atoms with Gasteiger partial charge < -0.3 is 10.4 Å². The van der Waals surface area contributed by atoms with E-state index in [9.17, 15) is 9.59 Å². The Kier molecular flexibility index (Phi) is 3.96. The summed E-state index contributed by atoms with van der Waals surface area (Å²) >= 11 is 0. The van der Waals surface area contributed by atoms with Crippen molar-refractivity contribution < 1.29 is 14.7 Å². The first-order chi connectivity index (χ1) is 8.66. The molecule has 1 amide bonds. The first-order valence-corrected chi connectivity index (χ1v) is 6.15. The lowest BCUT2D eigenvalue weighted by Crippen LogP contribution is -2.34. The molecule has 0 unspecified atom stereocenters. The van der Waals surface area contributed by atoms with Crippen LogP contribution in [-0.2, 0) is 16.1 Å². The van der Waals surface area contributed by atoms with Crippen molar-refractivity contribution in [3.8, 4) is 0 Å². The van der Waals surface area contributed by atoms with Gasteiger partial charge in [-0.1, -0.05) is 0 Å². The van der Waals surface area contributed by atoms with E-state index in [0.29, 0.717) is 32.2 Å². The van der Waals surface area contributed by atoms with E-state index >= 15 is 0 Å². The second-order valence-corrected chi connectivity index (χ2v) is 4.71. The third kappa shape index (κ3) is 3.09. The normalized spacial score (nSPS) is 23.6. The molecule has 1 saturated carbocycles. The lowest BCUT2D eigenvalue weighted by atomic mass is 9.81. The summed E-state index contributed by atoms with van der Waals surface area (Å²) in [6.45, 7) is 0.466. The quantitative estimate of drug-likeness (QED) is 0.741. The second-order valence-electron chi connectivity index (χ2n) is 4.71. The van der Waals surface area contributed by atoms with Crippen LogP contribution in [0, 0.1) is 11.8 Å². The molecule has 0 aliphatic heterocycles. The smallest absolute Gasteiger partial charge is 0.306 e. The number of carbonyl (C=O) groups is 2. The van der Waals surface area contributed by atoms with Crippen LogP contribution in [0.2, 0.25) is 0 Å². The van der Waals surface area contributed by atoms with Crippen LogP contribution in [0.25, 0.3) is 0 Å². The molecule has 1 fully saturated rings. The zero-order valence-corrected chi connectivity index (χ0v) is 10.1. The van der Waals surface area contributed by atoms with Crippen LogP contribution in [0.4, 0.5) is 0 Å². The van der Waals surface area contributed by atoms with Crippen molar-refractivity contribution in [1.82, 2.24) is 15.5 Å². The van der Waals surface area contributed by atoms with E-state index in [4.69, 9.17) is 5.11 Å². The number of aliphatic carboxylic acids is 1. The molecule has 0 atom stereocenters. The molecule has 6 heteroatoms. The Labute approximate surface area is 105 Å². The van der Waals surface area contributed by atoms with Gasteiger partial charge in [-0.15, -0.1) is 0 Å². The van der Waals surface area contributed by atoms with Gasteiger partial charge in [-0.2, -0.15) is 5.10 Å². The topological polar surface area (TPSA) is 95.1 Å². The van der Waals surface area contributed by atoms with Crippen molar-refractivity contribution in [2.75, 3.05) is 0 Å². The maximum atomic E-state index is 11.9. The van der Waals surface area contributed by atoms with Crippen LogP contribution in [0.15, 0.2) is 12.4 Å². The Hall–Kier alpha value is -1.85. The Bertz CT molecular complexity index is 408.